The van der Waals surface area contributed by atoms with Crippen LogP contribution >= 0.6 is 34.7 Å². The maximum Gasteiger partial charge on any atom is 0.305 e. The molecule has 1 aliphatic rings. The number of thioether (sulfide) groups is 1. The number of carbonyl (C=O) groups is 1. The minimum absolute atomic E-state index is 0.207. The average molecular weight is 353 g/mol. The van der Waals surface area contributed by atoms with E-state index in [0.29, 0.717) is 0 Å². The smallest absolute Gasteiger partial charge is 0.305 e. The van der Waals surface area contributed by atoms with E-state index in [0.717, 1.165) is 29.2 Å². The van der Waals surface area contributed by atoms with Gasteiger partial charge in [-0.05, 0) is 48.4 Å². The van der Waals surface area contributed by atoms with Crippen LogP contribution in [0, 0.1) is 0 Å². The van der Waals surface area contributed by atoms with Crippen molar-refractivity contribution in [2.45, 2.75) is 30.4 Å². The van der Waals surface area contributed by atoms with E-state index in [9.17, 15) is 9.90 Å². The lowest BCUT2D eigenvalue weighted by molar-refractivity contribution is -0.137. The fourth-order valence-corrected chi connectivity index (χ4v) is 5.88. The number of aliphatic carboxylic acids is 1. The molecule has 1 aromatic carbocycles. The molecule has 0 radical (unpaired) electrons. The summed E-state index contributed by atoms with van der Waals surface area (Å²) < 4.78 is -0.251. The molecule has 0 aliphatic carbocycles. The highest BCUT2D eigenvalue weighted by atomic mass is 35.5. The van der Waals surface area contributed by atoms with Crippen molar-refractivity contribution in [2.24, 2.45) is 0 Å². The third-order valence-electron chi connectivity index (χ3n) is 3.97. The molecule has 1 aromatic heterocycles. The van der Waals surface area contributed by atoms with E-state index < -0.39 is 5.97 Å². The highest BCUT2D eigenvalue weighted by Gasteiger charge is 2.38. The molecule has 1 fully saturated rings. The third kappa shape index (κ3) is 3.34. The van der Waals surface area contributed by atoms with E-state index in [-0.39, 0.29) is 11.2 Å². The normalized spacial score (nSPS) is 21.7. The second kappa shape index (κ2) is 6.65. The summed E-state index contributed by atoms with van der Waals surface area (Å²) in [5.41, 5.74) is 1.13. The van der Waals surface area contributed by atoms with Crippen LogP contribution in [-0.2, 0) is 9.54 Å². The number of carboxylic acids is 1. The molecule has 2 nitrogen and oxygen atoms in total. The van der Waals surface area contributed by atoms with Crippen molar-refractivity contribution in [2.75, 3.05) is 5.75 Å². The molecule has 1 unspecified atom stereocenters. The van der Waals surface area contributed by atoms with Crippen molar-refractivity contribution in [3.63, 3.8) is 0 Å². The van der Waals surface area contributed by atoms with E-state index in [4.69, 9.17) is 11.6 Å². The topological polar surface area (TPSA) is 37.3 Å². The highest BCUT2D eigenvalue weighted by molar-refractivity contribution is 8.00. The molecular formula is C17H17ClO2S2. The van der Waals surface area contributed by atoms with Gasteiger partial charge in [0.25, 0.3) is 0 Å². The Morgan fingerprint density at radius 2 is 1.95 bits per heavy atom. The van der Waals surface area contributed by atoms with Crippen molar-refractivity contribution in [1.82, 2.24) is 0 Å². The maximum atomic E-state index is 11.3. The van der Waals surface area contributed by atoms with Gasteiger partial charge < -0.3 is 5.11 Å². The molecule has 3 rings (SSSR count). The van der Waals surface area contributed by atoms with Crippen LogP contribution < -0.4 is 0 Å². The number of halogens is 1. The Hall–Kier alpha value is -0.970. The van der Waals surface area contributed by atoms with Crippen LogP contribution in [0.3, 0.4) is 0 Å². The average Bonchev–Trinajstić information content (AvgIpc) is 2.99. The summed E-state index contributed by atoms with van der Waals surface area (Å²) in [5, 5.41) is 10.1. The molecule has 1 N–H and O–H groups in total. The van der Waals surface area contributed by atoms with Gasteiger partial charge >= 0.3 is 5.97 Å². The molecular weight excluding hydrogens is 336 g/mol. The van der Waals surface area contributed by atoms with Crippen molar-refractivity contribution < 1.29 is 9.90 Å². The second-order valence-electron chi connectivity index (χ2n) is 5.54. The Balaban J connectivity index is 1.92. The number of thiophene rings is 1. The third-order valence-corrected chi connectivity index (χ3v) is 7.31. The number of carboxylic acid groups (broad SMARTS) is 1. The van der Waals surface area contributed by atoms with Crippen LogP contribution in [-0.4, -0.2) is 16.8 Å². The first kappa shape index (κ1) is 15.9. The Kier molecular flexibility index (Phi) is 4.81. The minimum Gasteiger partial charge on any atom is -0.481 e. The summed E-state index contributed by atoms with van der Waals surface area (Å²) in [6, 6.07) is 12.0. The van der Waals surface area contributed by atoms with Crippen molar-refractivity contribution in [3.8, 4) is 10.4 Å². The Morgan fingerprint density at radius 3 is 2.59 bits per heavy atom. The number of hydrogen-bond acceptors (Lipinski definition) is 3. The molecule has 1 aliphatic heterocycles. The Labute approximate surface area is 143 Å². The molecule has 0 bridgehead atoms. The van der Waals surface area contributed by atoms with Gasteiger partial charge in [0.2, 0.25) is 0 Å². The van der Waals surface area contributed by atoms with Crippen LogP contribution in [0.2, 0.25) is 5.02 Å². The molecule has 0 saturated carbocycles. The number of benzene rings is 1. The van der Waals surface area contributed by atoms with E-state index in [1.54, 1.807) is 11.3 Å². The standard InChI is InChI=1S/C17H17ClO2S2/c18-13-5-3-12(4-6-13)14-7-8-15(22-14)17(11-16(19)20)9-1-2-10-21-17/h3-8H,1-2,9-11H2,(H,19,20). The van der Waals surface area contributed by atoms with Gasteiger partial charge in [-0.3, -0.25) is 4.79 Å². The van der Waals surface area contributed by atoms with E-state index in [1.807, 2.05) is 36.0 Å². The van der Waals surface area contributed by atoms with Crippen LogP contribution in [0.5, 0.6) is 0 Å². The molecule has 0 spiro atoms. The first-order valence-electron chi connectivity index (χ1n) is 7.31. The van der Waals surface area contributed by atoms with Gasteiger partial charge in [-0.1, -0.05) is 30.2 Å². The fraction of sp³-hybridized carbons (Fsp3) is 0.353. The van der Waals surface area contributed by atoms with Gasteiger partial charge in [-0.25, -0.2) is 0 Å². The summed E-state index contributed by atoms with van der Waals surface area (Å²) in [7, 11) is 0. The highest BCUT2D eigenvalue weighted by Crippen LogP contribution is 2.50. The van der Waals surface area contributed by atoms with Crippen LogP contribution in [0.15, 0.2) is 36.4 Å². The Morgan fingerprint density at radius 1 is 1.18 bits per heavy atom. The van der Waals surface area contributed by atoms with Crippen LogP contribution in [0.25, 0.3) is 10.4 Å². The van der Waals surface area contributed by atoms with Crippen LogP contribution in [0.4, 0.5) is 0 Å². The number of hydrogen-bond donors (Lipinski definition) is 1. The summed E-state index contributed by atoms with van der Waals surface area (Å²) in [6.45, 7) is 0. The minimum atomic E-state index is -0.712. The lowest BCUT2D eigenvalue weighted by atomic mass is 9.95. The lowest BCUT2D eigenvalue weighted by Crippen LogP contribution is -2.28. The molecule has 0 amide bonds. The van der Waals surface area contributed by atoms with E-state index in [2.05, 4.69) is 12.1 Å². The van der Waals surface area contributed by atoms with E-state index in [1.165, 1.54) is 16.2 Å². The summed E-state index contributed by atoms with van der Waals surface area (Å²) >= 11 is 9.46. The second-order valence-corrected chi connectivity index (χ2v) is 8.54. The molecule has 22 heavy (non-hydrogen) atoms. The monoisotopic (exact) mass is 352 g/mol. The molecule has 1 saturated heterocycles. The quantitative estimate of drug-likeness (QED) is 0.771. The zero-order valence-electron chi connectivity index (χ0n) is 12.0. The number of rotatable bonds is 4. The Bertz CT molecular complexity index is 658. The lowest BCUT2D eigenvalue weighted by Gasteiger charge is -2.34. The van der Waals surface area contributed by atoms with Crippen LogP contribution in [0.1, 0.15) is 30.6 Å². The zero-order valence-corrected chi connectivity index (χ0v) is 14.4. The maximum absolute atomic E-state index is 11.3. The first-order chi connectivity index (χ1) is 10.6. The molecule has 116 valence electrons. The molecule has 2 heterocycles. The van der Waals surface area contributed by atoms with Crippen molar-refractivity contribution in [3.05, 3.63) is 46.3 Å². The van der Waals surface area contributed by atoms with Gasteiger partial charge in [-0.15, -0.1) is 23.1 Å². The van der Waals surface area contributed by atoms with Gasteiger partial charge in [0, 0.05) is 14.8 Å². The van der Waals surface area contributed by atoms with Gasteiger partial charge in [0.05, 0.1) is 11.2 Å². The fourth-order valence-electron chi connectivity index (χ4n) is 2.87. The summed E-state index contributed by atoms with van der Waals surface area (Å²) in [4.78, 5) is 13.7. The predicted octanol–water partition coefficient (Wildman–Crippen LogP) is 5.66. The van der Waals surface area contributed by atoms with Crippen molar-refractivity contribution in [1.29, 1.82) is 0 Å². The van der Waals surface area contributed by atoms with Gasteiger partial charge in [0.15, 0.2) is 0 Å². The van der Waals surface area contributed by atoms with Gasteiger partial charge in [0.1, 0.15) is 0 Å². The van der Waals surface area contributed by atoms with Gasteiger partial charge in [-0.2, -0.15) is 0 Å². The largest absolute Gasteiger partial charge is 0.481 e. The van der Waals surface area contributed by atoms with Crippen molar-refractivity contribution >= 4 is 40.7 Å². The molecule has 2 aromatic rings. The SMILES string of the molecule is O=C(O)CC1(c2ccc(-c3ccc(Cl)cc3)s2)CCCCS1. The predicted molar refractivity (Wildman–Crippen MR) is 95.0 cm³/mol. The molecule has 1 atom stereocenters. The zero-order chi connectivity index (χ0) is 15.6. The molecule has 5 heteroatoms. The summed E-state index contributed by atoms with van der Waals surface area (Å²) in [5.74, 6) is 0.331. The van der Waals surface area contributed by atoms with E-state index >= 15 is 0 Å². The first-order valence-corrected chi connectivity index (χ1v) is 9.49. The summed E-state index contributed by atoms with van der Waals surface area (Å²) in [6.07, 6.45) is 3.44.